The van der Waals surface area contributed by atoms with Crippen molar-refractivity contribution in [2.45, 2.75) is 32.6 Å². The number of aryl methyl sites for hydroxylation is 1. The average Bonchev–Trinajstić information content (AvgIpc) is 2.97. The van der Waals surface area contributed by atoms with Crippen LogP contribution in [0.4, 0.5) is 11.4 Å². The first kappa shape index (κ1) is 15.4. The van der Waals surface area contributed by atoms with Crippen LogP contribution in [-0.2, 0) is 6.42 Å². The molecule has 1 fully saturated rings. The molecule has 0 N–H and O–H groups in total. The number of benzene rings is 1. The van der Waals surface area contributed by atoms with Crippen molar-refractivity contribution >= 4 is 39.1 Å². The van der Waals surface area contributed by atoms with E-state index in [-0.39, 0.29) is 0 Å². The summed E-state index contributed by atoms with van der Waals surface area (Å²) in [4.78, 5) is 7.49. The van der Waals surface area contributed by atoms with Crippen molar-refractivity contribution in [1.29, 1.82) is 0 Å². The molecular weight excluding hydrogens is 374 g/mol. The smallest absolute Gasteiger partial charge is 0.111 e. The van der Waals surface area contributed by atoms with Crippen molar-refractivity contribution in [2.24, 2.45) is 10.9 Å². The summed E-state index contributed by atoms with van der Waals surface area (Å²) in [5.74, 6) is 0.830. The van der Waals surface area contributed by atoms with Crippen molar-refractivity contribution in [3.63, 3.8) is 0 Å². The summed E-state index contributed by atoms with van der Waals surface area (Å²) in [6.07, 6.45) is 11.4. The highest BCUT2D eigenvalue weighted by Crippen LogP contribution is 2.44. The van der Waals surface area contributed by atoms with Crippen LogP contribution in [-0.4, -0.2) is 23.9 Å². The molecule has 3 heterocycles. The zero-order valence-corrected chi connectivity index (χ0v) is 16.1. The van der Waals surface area contributed by atoms with Crippen molar-refractivity contribution in [3.05, 3.63) is 46.2 Å². The Morgan fingerprint density at radius 1 is 1.16 bits per heavy atom. The second-order valence-corrected chi connectivity index (χ2v) is 8.30. The quantitative estimate of drug-likeness (QED) is 0.622. The Morgan fingerprint density at radius 3 is 2.84 bits per heavy atom. The first-order valence-corrected chi connectivity index (χ1v) is 10.0. The van der Waals surface area contributed by atoms with Gasteiger partial charge in [0, 0.05) is 35.5 Å². The number of nitrogens with zero attached hydrogens (tertiary/aromatic N) is 3. The summed E-state index contributed by atoms with van der Waals surface area (Å²) in [6, 6.07) is 6.69. The van der Waals surface area contributed by atoms with Gasteiger partial charge >= 0.3 is 0 Å². The number of aliphatic imine (C=N–C) groups is 1. The molecule has 128 valence electrons. The monoisotopic (exact) mass is 395 g/mol. The average molecular weight is 396 g/mol. The Labute approximate surface area is 157 Å². The minimum Gasteiger partial charge on any atom is -0.370 e. The van der Waals surface area contributed by atoms with Crippen LogP contribution in [0.15, 0.2) is 39.9 Å². The van der Waals surface area contributed by atoms with E-state index in [1.807, 2.05) is 0 Å². The topological polar surface area (TPSA) is 20.5 Å². The maximum atomic E-state index is 4.97. The van der Waals surface area contributed by atoms with Gasteiger partial charge in [0.15, 0.2) is 0 Å². The minimum atomic E-state index is 0.830. The molecule has 1 aromatic heterocycles. The highest BCUT2D eigenvalue weighted by atomic mass is 79.9. The molecule has 0 atom stereocenters. The Balaban J connectivity index is 1.71. The molecule has 0 amide bonds. The van der Waals surface area contributed by atoms with E-state index in [2.05, 4.69) is 69.0 Å². The molecule has 2 aliphatic heterocycles. The molecule has 3 aliphatic rings. The van der Waals surface area contributed by atoms with Crippen LogP contribution in [0.1, 0.15) is 37.4 Å². The normalized spacial score (nSPS) is 19.3. The zero-order chi connectivity index (χ0) is 17.0. The highest BCUT2D eigenvalue weighted by Gasteiger charge is 2.26. The third-order valence-electron chi connectivity index (χ3n) is 5.80. The van der Waals surface area contributed by atoms with Crippen molar-refractivity contribution in [2.75, 3.05) is 18.0 Å². The number of fused-ring (bicyclic) bond motifs is 2. The maximum absolute atomic E-state index is 4.97. The lowest BCUT2D eigenvalue weighted by atomic mass is 9.98. The molecule has 1 saturated heterocycles. The summed E-state index contributed by atoms with van der Waals surface area (Å²) in [6.45, 7) is 4.60. The Hall–Kier alpha value is -1.81. The van der Waals surface area contributed by atoms with Gasteiger partial charge in [0.25, 0.3) is 0 Å². The minimum absolute atomic E-state index is 0.830. The van der Waals surface area contributed by atoms with Gasteiger partial charge in [0.05, 0.1) is 17.1 Å². The van der Waals surface area contributed by atoms with Gasteiger partial charge in [0.2, 0.25) is 0 Å². The first-order chi connectivity index (χ1) is 12.2. The predicted molar refractivity (Wildman–Crippen MR) is 109 cm³/mol. The molecule has 0 saturated carbocycles. The molecule has 0 bridgehead atoms. The molecule has 4 heteroatoms. The van der Waals surface area contributed by atoms with Gasteiger partial charge in [-0.2, -0.15) is 0 Å². The Morgan fingerprint density at radius 2 is 2.00 bits per heavy atom. The van der Waals surface area contributed by atoms with Gasteiger partial charge in [-0.15, -0.1) is 0 Å². The summed E-state index contributed by atoms with van der Waals surface area (Å²) < 4.78 is 3.45. The van der Waals surface area contributed by atoms with E-state index >= 15 is 0 Å². The van der Waals surface area contributed by atoms with Crippen LogP contribution < -0.4 is 4.90 Å². The molecule has 5 rings (SSSR count). The standard InChI is InChI=1S/C21H22BrN3/c1-14-7-10-24(11-8-14)18-6-5-17(22)21-19(18)23-13-16-4-2-3-15-9-12-25(21)20(15)16/h4-6,9,12-14H,2-3,7-8,10-11H2,1H3. The van der Waals surface area contributed by atoms with E-state index < -0.39 is 0 Å². The van der Waals surface area contributed by atoms with E-state index in [1.54, 1.807) is 0 Å². The third kappa shape index (κ3) is 2.42. The van der Waals surface area contributed by atoms with E-state index in [0.717, 1.165) is 42.0 Å². The second-order valence-electron chi connectivity index (χ2n) is 7.45. The largest absolute Gasteiger partial charge is 0.370 e. The Bertz CT molecular complexity index is 898. The summed E-state index contributed by atoms with van der Waals surface area (Å²) in [5.41, 5.74) is 7.55. The lowest BCUT2D eigenvalue weighted by molar-refractivity contribution is 0.438. The number of hydrogen-bond acceptors (Lipinski definition) is 2. The van der Waals surface area contributed by atoms with E-state index in [0.29, 0.717) is 0 Å². The van der Waals surface area contributed by atoms with Gasteiger partial charge in [-0.25, -0.2) is 0 Å². The van der Waals surface area contributed by atoms with E-state index in [1.165, 1.54) is 41.0 Å². The summed E-state index contributed by atoms with van der Waals surface area (Å²) >= 11 is 3.79. The van der Waals surface area contributed by atoms with Gasteiger partial charge in [-0.1, -0.05) is 13.0 Å². The second kappa shape index (κ2) is 5.87. The van der Waals surface area contributed by atoms with Crippen LogP contribution in [0.3, 0.4) is 0 Å². The van der Waals surface area contributed by atoms with Gasteiger partial charge in [-0.3, -0.25) is 4.99 Å². The number of allylic oxidation sites excluding steroid dienone is 2. The predicted octanol–water partition coefficient (Wildman–Crippen LogP) is 5.52. The van der Waals surface area contributed by atoms with Gasteiger partial charge in [-0.05, 0) is 71.3 Å². The molecule has 0 spiro atoms. The fourth-order valence-electron chi connectivity index (χ4n) is 4.32. The van der Waals surface area contributed by atoms with E-state index in [9.17, 15) is 0 Å². The number of halogens is 1. The lowest BCUT2D eigenvalue weighted by Gasteiger charge is -2.33. The van der Waals surface area contributed by atoms with Crippen LogP contribution in [0.5, 0.6) is 0 Å². The highest BCUT2D eigenvalue weighted by molar-refractivity contribution is 9.10. The molecule has 25 heavy (non-hydrogen) atoms. The maximum Gasteiger partial charge on any atom is 0.111 e. The molecule has 2 aromatic rings. The number of piperidine rings is 1. The number of hydrogen-bond donors (Lipinski definition) is 0. The number of aromatic nitrogens is 1. The van der Waals surface area contributed by atoms with Crippen LogP contribution in [0, 0.1) is 5.92 Å². The molecule has 3 nitrogen and oxygen atoms in total. The van der Waals surface area contributed by atoms with Crippen molar-refractivity contribution in [1.82, 2.24) is 4.57 Å². The Kier molecular flexibility index (Phi) is 3.63. The van der Waals surface area contributed by atoms with Gasteiger partial charge < -0.3 is 9.47 Å². The lowest BCUT2D eigenvalue weighted by Crippen LogP contribution is -2.32. The van der Waals surface area contributed by atoms with Crippen LogP contribution in [0.25, 0.3) is 11.3 Å². The van der Waals surface area contributed by atoms with Gasteiger partial charge in [0.1, 0.15) is 5.69 Å². The molecule has 0 radical (unpaired) electrons. The number of rotatable bonds is 1. The molecule has 0 unspecified atom stereocenters. The third-order valence-corrected chi connectivity index (χ3v) is 6.44. The zero-order valence-electron chi connectivity index (χ0n) is 14.5. The fraction of sp³-hybridized carbons (Fsp3) is 0.381. The fourth-order valence-corrected chi connectivity index (χ4v) is 4.83. The summed E-state index contributed by atoms with van der Waals surface area (Å²) in [5, 5.41) is 0. The molecular formula is C21H22BrN3. The van der Waals surface area contributed by atoms with Crippen molar-refractivity contribution < 1.29 is 0 Å². The van der Waals surface area contributed by atoms with Crippen molar-refractivity contribution in [3.8, 4) is 5.69 Å². The first-order valence-electron chi connectivity index (χ1n) is 9.25. The summed E-state index contributed by atoms with van der Waals surface area (Å²) in [7, 11) is 0. The molecule has 1 aliphatic carbocycles. The SMILES string of the molecule is CC1CCN(c2ccc(Br)c3c2N=CC2=CCCc4ccn-3c42)CC1. The van der Waals surface area contributed by atoms with Crippen LogP contribution in [0.2, 0.25) is 0 Å². The van der Waals surface area contributed by atoms with E-state index in [4.69, 9.17) is 4.99 Å². The molecule has 1 aromatic carbocycles. The van der Waals surface area contributed by atoms with Crippen LogP contribution >= 0.6 is 15.9 Å². The number of anilines is 1.